The van der Waals surface area contributed by atoms with E-state index in [1.54, 1.807) is 12.0 Å². The van der Waals surface area contributed by atoms with Crippen molar-refractivity contribution in [3.05, 3.63) is 35.9 Å². The van der Waals surface area contributed by atoms with Crippen LogP contribution in [0, 0.1) is 5.92 Å². The van der Waals surface area contributed by atoms with E-state index in [4.69, 9.17) is 14.2 Å². The normalized spacial score (nSPS) is 20.4. The van der Waals surface area contributed by atoms with Crippen molar-refractivity contribution in [2.24, 2.45) is 5.92 Å². The summed E-state index contributed by atoms with van der Waals surface area (Å²) < 4.78 is 16.0. The average molecular weight is 349 g/mol. The molecular weight excluding hydrogens is 322 g/mol. The van der Waals surface area contributed by atoms with Crippen LogP contribution in [0.15, 0.2) is 30.3 Å². The second kappa shape index (κ2) is 8.34. The number of amides is 1. The summed E-state index contributed by atoms with van der Waals surface area (Å²) in [6.07, 6.45) is 0.0914. The molecule has 138 valence electrons. The van der Waals surface area contributed by atoms with E-state index in [1.807, 2.05) is 51.1 Å². The molecule has 0 aromatic heterocycles. The van der Waals surface area contributed by atoms with E-state index < -0.39 is 11.7 Å². The van der Waals surface area contributed by atoms with Gasteiger partial charge in [0.15, 0.2) is 0 Å². The van der Waals surface area contributed by atoms with Crippen LogP contribution in [0.2, 0.25) is 0 Å². The van der Waals surface area contributed by atoms with Gasteiger partial charge in [-0.2, -0.15) is 0 Å². The zero-order chi connectivity index (χ0) is 18.4. The summed E-state index contributed by atoms with van der Waals surface area (Å²) in [7, 11) is 1.58. The molecule has 0 bridgehead atoms. The van der Waals surface area contributed by atoms with Gasteiger partial charge in [-0.15, -0.1) is 0 Å². The van der Waals surface area contributed by atoms with Crippen LogP contribution in [0.4, 0.5) is 4.79 Å². The number of carbonyl (C=O) groups is 2. The third-order valence-corrected chi connectivity index (χ3v) is 3.96. The molecule has 2 unspecified atom stereocenters. The summed E-state index contributed by atoms with van der Waals surface area (Å²) in [5.74, 6) is -0.660. The highest BCUT2D eigenvalue weighted by molar-refractivity contribution is 5.76. The Kier molecular flexibility index (Phi) is 6.42. The molecule has 1 aromatic carbocycles. The van der Waals surface area contributed by atoms with Crippen molar-refractivity contribution in [2.75, 3.05) is 20.3 Å². The van der Waals surface area contributed by atoms with Gasteiger partial charge in [-0.05, 0) is 32.8 Å². The fourth-order valence-corrected chi connectivity index (χ4v) is 2.83. The minimum atomic E-state index is -0.583. The van der Waals surface area contributed by atoms with Crippen LogP contribution in [-0.2, 0) is 25.6 Å². The number of ether oxygens (including phenoxy) is 3. The quantitative estimate of drug-likeness (QED) is 0.765. The molecule has 0 saturated carbocycles. The molecule has 25 heavy (non-hydrogen) atoms. The predicted molar refractivity (Wildman–Crippen MR) is 92.9 cm³/mol. The van der Waals surface area contributed by atoms with Crippen molar-refractivity contribution in [1.29, 1.82) is 0 Å². The highest BCUT2D eigenvalue weighted by Crippen LogP contribution is 2.27. The highest BCUT2D eigenvalue weighted by atomic mass is 16.6. The van der Waals surface area contributed by atoms with E-state index >= 15 is 0 Å². The molecule has 0 radical (unpaired) electrons. The van der Waals surface area contributed by atoms with Crippen LogP contribution in [-0.4, -0.2) is 48.9 Å². The second-order valence-electron chi connectivity index (χ2n) is 7.27. The highest BCUT2D eigenvalue weighted by Gasteiger charge is 2.41. The Morgan fingerprint density at radius 2 is 1.88 bits per heavy atom. The van der Waals surface area contributed by atoms with E-state index in [2.05, 4.69) is 0 Å². The molecule has 0 N–H and O–H groups in total. The monoisotopic (exact) mass is 349 g/mol. The molecule has 2 rings (SSSR count). The number of carbonyl (C=O) groups excluding carboxylic acids is 2. The molecule has 0 spiro atoms. The van der Waals surface area contributed by atoms with Crippen molar-refractivity contribution >= 4 is 12.1 Å². The van der Waals surface area contributed by atoms with E-state index in [9.17, 15) is 9.59 Å². The molecule has 1 heterocycles. The van der Waals surface area contributed by atoms with Gasteiger partial charge in [0.1, 0.15) is 12.2 Å². The van der Waals surface area contributed by atoms with Gasteiger partial charge < -0.3 is 19.1 Å². The lowest BCUT2D eigenvalue weighted by Crippen LogP contribution is -2.41. The molecule has 1 aromatic rings. The number of methoxy groups -OCH3 is 1. The molecule has 1 saturated heterocycles. The number of hydrogen-bond acceptors (Lipinski definition) is 5. The number of likely N-dealkylation sites (tertiary alicyclic amines) is 1. The largest absolute Gasteiger partial charge is 0.461 e. The van der Waals surface area contributed by atoms with Gasteiger partial charge in [0.25, 0.3) is 0 Å². The van der Waals surface area contributed by atoms with Gasteiger partial charge >= 0.3 is 12.1 Å². The molecule has 1 aliphatic rings. The smallest absolute Gasteiger partial charge is 0.410 e. The minimum absolute atomic E-state index is 0.186. The van der Waals surface area contributed by atoms with E-state index in [1.165, 1.54) is 0 Å². The fourth-order valence-electron chi connectivity index (χ4n) is 2.83. The van der Waals surface area contributed by atoms with Crippen LogP contribution in [0.5, 0.6) is 0 Å². The average Bonchev–Trinajstić information content (AvgIpc) is 2.97. The molecule has 1 aliphatic heterocycles. The first-order valence-electron chi connectivity index (χ1n) is 8.49. The lowest BCUT2D eigenvalue weighted by molar-refractivity contribution is -0.149. The molecule has 1 amide bonds. The van der Waals surface area contributed by atoms with Gasteiger partial charge in [-0.25, -0.2) is 4.79 Å². The standard InChI is InChI=1S/C19H27NO5/c1-19(2,3)25-18(22)20-11-15(10-16(20)13-23-4)17(21)24-12-14-8-6-5-7-9-14/h5-9,15-16H,10-13H2,1-4H3. The van der Waals surface area contributed by atoms with Gasteiger partial charge in [0.2, 0.25) is 0 Å². The summed E-state index contributed by atoms with van der Waals surface area (Å²) in [5.41, 5.74) is 0.354. The molecule has 1 fully saturated rings. The summed E-state index contributed by atoms with van der Waals surface area (Å²) in [5, 5.41) is 0. The summed E-state index contributed by atoms with van der Waals surface area (Å²) in [4.78, 5) is 26.3. The summed E-state index contributed by atoms with van der Waals surface area (Å²) in [6.45, 7) is 6.34. The maximum absolute atomic E-state index is 12.4. The maximum Gasteiger partial charge on any atom is 0.410 e. The van der Waals surface area contributed by atoms with Crippen LogP contribution in [0.3, 0.4) is 0 Å². The van der Waals surface area contributed by atoms with Crippen molar-refractivity contribution in [2.45, 2.75) is 45.4 Å². The molecular formula is C19H27NO5. The van der Waals surface area contributed by atoms with Crippen molar-refractivity contribution in [3.8, 4) is 0 Å². The number of benzene rings is 1. The molecule has 6 heteroatoms. The zero-order valence-corrected chi connectivity index (χ0v) is 15.4. The van der Waals surface area contributed by atoms with Gasteiger partial charge in [-0.3, -0.25) is 4.79 Å². The van der Waals surface area contributed by atoms with Crippen molar-refractivity contribution in [1.82, 2.24) is 4.90 Å². The van der Waals surface area contributed by atoms with Crippen LogP contribution in [0.25, 0.3) is 0 Å². The van der Waals surface area contributed by atoms with Crippen LogP contribution in [0.1, 0.15) is 32.8 Å². The minimum Gasteiger partial charge on any atom is -0.461 e. The van der Waals surface area contributed by atoms with E-state index in [0.717, 1.165) is 5.56 Å². The topological polar surface area (TPSA) is 65.1 Å². The first kappa shape index (κ1) is 19.2. The Hall–Kier alpha value is -2.08. The number of esters is 1. The van der Waals surface area contributed by atoms with Crippen molar-refractivity contribution < 1.29 is 23.8 Å². The first-order chi connectivity index (χ1) is 11.8. The second-order valence-corrected chi connectivity index (χ2v) is 7.27. The Bertz CT molecular complexity index is 581. The third kappa shape index (κ3) is 5.74. The van der Waals surface area contributed by atoms with Gasteiger partial charge in [0, 0.05) is 13.7 Å². The predicted octanol–water partition coefficient (Wildman–Crippen LogP) is 3.00. The summed E-state index contributed by atoms with van der Waals surface area (Å²) in [6, 6.07) is 9.34. The van der Waals surface area contributed by atoms with Gasteiger partial charge in [-0.1, -0.05) is 30.3 Å². The number of hydrogen-bond donors (Lipinski definition) is 0. The maximum atomic E-state index is 12.4. The van der Waals surface area contributed by atoms with Crippen LogP contribution >= 0.6 is 0 Å². The van der Waals surface area contributed by atoms with Crippen LogP contribution < -0.4 is 0 Å². The molecule has 6 nitrogen and oxygen atoms in total. The Balaban J connectivity index is 1.95. The fraction of sp³-hybridized carbons (Fsp3) is 0.579. The summed E-state index contributed by atoms with van der Waals surface area (Å²) >= 11 is 0. The third-order valence-electron chi connectivity index (χ3n) is 3.96. The van der Waals surface area contributed by atoms with E-state index in [0.29, 0.717) is 13.0 Å². The van der Waals surface area contributed by atoms with Crippen molar-refractivity contribution in [3.63, 3.8) is 0 Å². The first-order valence-corrected chi connectivity index (χ1v) is 8.49. The lowest BCUT2D eigenvalue weighted by Gasteiger charge is -2.28. The van der Waals surface area contributed by atoms with E-state index in [-0.39, 0.29) is 31.1 Å². The Morgan fingerprint density at radius 3 is 2.48 bits per heavy atom. The SMILES string of the molecule is COCC1CC(C(=O)OCc2ccccc2)CN1C(=O)OC(C)(C)C. The zero-order valence-electron chi connectivity index (χ0n) is 15.4. The Labute approximate surface area is 149 Å². The molecule has 0 aliphatic carbocycles. The molecule has 2 atom stereocenters. The number of rotatable bonds is 5. The Morgan fingerprint density at radius 1 is 1.20 bits per heavy atom. The lowest BCUT2D eigenvalue weighted by atomic mass is 10.1. The van der Waals surface area contributed by atoms with Gasteiger partial charge in [0.05, 0.1) is 18.6 Å². The number of nitrogens with zero attached hydrogens (tertiary/aromatic N) is 1.